The van der Waals surface area contributed by atoms with E-state index >= 15 is 0 Å². The average Bonchev–Trinajstić information content (AvgIpc) is 2.59. The van der Waals surface area contributed by atoms with Gasteiger partial charge in [-0.1, -0.05) is 13.8 Å². The molecule has 0 aliphatic carbocycles. The molecular weight excluding hydrogens is 364 g/mol. The number of amides is 3. The Labute approximate surface area is 156 Å². The second-order valence-corrected chi connectivity index (χ2v) is 6.90. The van der Waals surface area contributed by atoms with Crippen LogP contribution in [0.4, 0.5) is 0 Å². The molecule has 11 heteroatoms. The number of thioether (sulfide) groups is 1. The molecule has 0 aromatic carbocycles. The monoisotopic (exact) mass is 392 g/mol. The second-order valence-electron chi connectivity index (χ2n) is 5.92. The van der Waals surface area contributed by atoms with Gasteiger partial charge in [-0.05, 0) is 24.3 Å². The van der Waals surface area contributed by atoms with Crippen molar-refractivity contribution >= 4 is 35.5 Å². The van der Waals surface area contributed by atoms with Crippen LogP contribution in [0.1, 0.15) is 20.3 Å². The van der Waals surface area contributed by atoms with Gasteiger partial charge in [-0.2, -0.15) is 11.8 Å². The first-order valence-corrected chi connectivity index (χ1v) is 9.50. The molecule has 0 aromatic heterocycles. The molecule has 0 aliphatic rings. The highest BCUT2D eigenvalue weighted by atomic mass is 32.2. The van der Waals surface area contributed by atoms with Crippen LogP contribution in [0, 0.1) is 5.92 Å². The summed E-state index contributed by atoms with van der Waals surface area (Å²) in [7, 11) is 0. The number of carboxylic acids is 1. The van der Waals surface area contributed by atoms with E-state index in [1.165, 1.54) is 11.8 Å². The lowest BCUT2D eigenvalue weighted by molar-refractivity contribution is -0.143. The molecule has 3 amide bonds. The van der Waals surface area contributed by atoms with Crippen LogP contribution in [-0.4, -0.2) is 77.2 Å². The normalized spacial score (nSPS) is 14.2. The standard InChI is InChI=1S/C15H28N4O6S/c1-8(2)12(15(24)25)19-13(22)9(4-5-26-3)18-14(23)10(7-20)17-11(21)6-16/h8-10,12,20H,4-7,16H2,1-3H3,(H,17,21)(H,18,23)(H,19,22)(H,24,25). The van der Waals surface area contributed by atoms with Crippen LogP contribution in [-0.2, 0) is 19.2 Å². The molecule has 26 heavy (non-hydrogen) atoms. The average molecular weight is 392 g/mol. The number of aliphatic carboxylic acids is 1. The quantitative estimate of drug-likeness (QED) is 0.219. The highest BCUT2D eigenvalue weighted by Gasteiger charge is 2.30. The van der Waals surface area contributed by atoms with Gasteiger partial charge < -0.3 is 31.9 Å². The highest BCUT2D eigenvalue weighted by Crippen LogP contribution is 2.06. The first-order valence-electron chi connectivity index (χ1n) is 8.10. The van der Waals surface area contributed by atoms with E-state index in [9.17, 15) is 29.4 Å². The summed E-state index contributed by atoms with van der Waals surface area (Å²) in [6.45, 7) is 2.28. The van der Waals surface area contributed by atoms with E-state index < -0.39 is 48.4 Å². The third-order valence-corrected chi connectivity index (χ3v) is 4.14. The van der Waals surface area contributed by atoms with Gasteiger partial charge in [-0.15, -0.1) is 0 Å². The topological polar surface area (TPSA) is 171 Å². The van der Waals surface area contributed by atoms with Crippen LogP contribution >= 0.6 is 11.8 Å². The zero-order valence-corrected chi connectivity index (χ0v) is 16.0. The Morgan fingerprint density at radius 2 is 1.62 bits per heavy atom. The van der Waals surface area contributed by atoms with E-state index in [4.69, 9.17) is 5.73 Å². The van der Waals surface area contributed by atoms with Gasteiger partial charge in [0.1, 0.15) is 18.1 Å². The molecule has 0 rings (SSSR count). The maximum atomic E-state index is 12.4. The van der Waals surface area contributed by atoms with E-state index in [1.54, 1.807) is 13.8 Å². The summed E-state index contributed by atoms with van der Waals surface area (Å²) in [6.07, 6.45) is 2.08. The van der Waals surface area contributed by atoms with E-state index in [2.05, 4.69) is 16.0 Å². The summed E-state index contributed by atoms with van der Waals surface area (Å²) in [4.78, 5) is 47.2. The van der Waals surface area contributed by atoms with Crippen LogP contribution in [0.2, 0.25) is 0 Å². The van der Waals surface area contributed by atoms with Crippen LogP contribution in [0.5, 0.6) is 0 Å². The molecule has 150 valence electrons. The molecule has 3 unspecified atom stereocenters. The molecule has 0 aliphatic heterocycles. The van der Waals surface area contributed by atoms with Crippen molar-refractivity contribution in [2.24, 2.45) is 11.7 Å². The van der Waals surface area contributed by atoms with Crippen LogP contribution < -0.4 is 21.7 Å². The summed E-state index contributed by atoms with van der Waals surface area (Å²) in [6, 6.07) is -3.35. The molecule has 0 fully saturated rings. The minimum Gasteiger partial charge on any atom is -0.480 e. The lowest BCUT2D eigenvalue weighted by Crippen LogP contribution is -2.57. The Morgan fingerprint density at radius 1 is 1.04 bits per heavy atom. The molecule has 0 radical (unpaired) electrons. The van der Waals surface area contributed by atoms with Crippen LogP contribution in [0.3, 0.4) is 0 Å². The molecular formula is C15H28N4O6S. The first-order chi connectivity index (χ1) is 12.2. The smallest absolute Gasteiger partial charge is 0.326 e. The van der Waals surface area contributed by atoms with Crippen molar-refractivity contribution in [1.29, 1.82) is 0 Å². The van der Waals surface area contributed by atoms with E-state index in [0.29, 0.717) is 5.75 Å². The summed E-state index contributed by atoms with van der Waals surface area (Å²) in [5.74, 6) is -3.01. The third-order valence-electron chi connectivity index (χ3n) is 3.49. The number of rotatable bonds is 12. The van der Waals surface area contributed by atoms with Crippen molar-refractivity contribution in [1.82, 2.24) is 16.0 Å². The molecule has 7 N–H and O–H groups in total. The largest absolute Gasteiger partial charge is 0.480 e. The van der Waals surface area contributed by atoms with Crippen molar-refractivity contribution in [2.45, 2.75) is 38.4 Å². The summed E-state index contributed by atoms with van der Waals surface area (Å²) in [5.41, 5.74) is 5.15. The van der Waals surface area contributed by atoms with Crippen molar-refractivity contribution in [3.63, 3.8) is 0 Å². The zero-order valence-electron chi connectivity index (χ0n) is 15.2. The number of aliphatic hydroxyl groups is 1. The second kappa shape index (κ2) is 12.5. The van der Waals surface area contributed by atoms with Gasteiger partial charge in [0.2, 0.25) is 17.7 Å². The summed E-state index contributed by atoms with van der Waals surface area (Å²) < 4.78 is 0. The Morgan fingerprint density at radius 3 is 2.04 bits per heavy atom. The van der Waals surface area contributed by atoms with Gasteiger partial charge in [-0.3, -0.25) is 14.4 Å². The molecule has 3 atom stereocenters. The predicted molar refractivity (Wildman–Crippen MR) is 97.4 cm³/mol. The zero-order chi connectivity index (χ0) is 20.3. The third kappa shape index (κ3) is 8.50. The van der Waals surface area contributed by atoms with Gasteiger partial charge in [-0.25, -0.2) is 4.79 Å². The van der Waals surface area contributed by atoms with Crippen molar-refractivity contribution in [2.75, 3.05) is 25.2 Å². The molecule has 0 saturated heterocycles. The highest BCUT2D eigenvalue weighted by molar-refractivity contribution is 7.98. The number of carboxylic acid groups (broad SMARTS) is 1. The van der Waals surface area contributed by atoms with Crippen molar-refractivity contribution < 1.29 is 29.4 Å². The summed E-state index contributed by atoms with van der Waals surface area (Å²) in [5, 5.41) is 25.5. The fourth-order valence-corrected chi connectivity index (χ4v) is 2.46. The molecule has 10 nitrogen and oxygen atoms in total. The number of hydrogen-bond donors (Lipinski definition) is 6. The molecule has 0 spiro atoms. The number of aliphatic hydroxyl groups excluding tert-OH is 1. The van der Waals surface area contributed by atoms with Gasteiger partial charge in [0.25, 0.3) is 0 Å². The fourth-order valence-electron chi connectivity index (χ4n) is 1.99. The van der Waals surface area contributed by atoms with Crippen molar-refractivity contribution in [3.05, 3.63) is 0 Å². The number of nitrogens with one attached hydrogen (secondary N) is 3. The summed E-state index contributed by atoms with van der Waals surface area (Å²) >= 11 is 1.45. The van der Waals surface area contributed by atoms with Gasteiger partial charge >= 0.3 is 5.97 Å². The lowest BCUT2D eigenvalue weighted by Gasteiger charge is -2.24. The Hall–Kier alpha value is -1.85. The minimum absolute atomic E-state index is 0.256. The van der Waals surface area contributed by atoms with Gasteiger partial charge in [0, 0.05) is 0 Å². The Kier molecular flexibility index (Phi) is 11.6. The molecule has 0 heterocycles. The number of nitrogens with two attached hydrogens (primary N) is 1. The molecule has 0 saturated carbocycles. The van der Waals surface area contributed by atoms with Gasteiger partial charge in [0.05, 0.1) is 13.2 Å². The first kappa shape index (κ1) is 24.1. The fraction of sp³-hybridized carbons (Fsp3) is 0.733. The van der Waals surface area contributed by atoms with E-state index in [-0.39, 0.29) is 18.9 Å². The Balaban J connectivity index is 5.11. The van der Waals surface area contributed by atoms with E-state index in [1.807, 2.05) is 6.26 Å². The van der Waals surface area contributed by atoms with E-state index in [0.717, 1.165) is 0 Å². The number of carbonyl (C=O) groups is 4. The minimum atomic E-state index is -1.25. The maximum Gasteiger partial charge on any atom is 0.326 e. The SMILES string of the molecule is CSCCC(NC(=O)C(CO)NC(=O)CN)C(=O)NC(C(=O)O)C(C)C. The number of carbonyl (C=O) groups excluding carboxylic acids is 3. The van der Waals surface area contributed by atoms with Gasteiger partial charge in [0.15, 0.2) is 0 Å². The maximum absolute atomic E-state index is 12.4. The molecule has 0 bridgehead atoms. The predicted octanol–water partition coefficient (Wildman–Crippen LogP) is -2.11. The van der Waals surface area contributed by atoms with Crippen LogP contribution in [0.25, 0.3) is 0 Å². The van der Waals surface area contributed by atoms with Crippen LogP contribution in [0.15, 0.2) is 0 Å². The lowest BCUT2D eigenvalue weighted by atomic mass is 10.0. The van der Waals surface area contributed by atoms with Crippen molar-refractivity contribution in [3.8, 4) is 0 Å². The molecule has 0 aromatic rings. The Bertz CT molecular complexity index is 503. The number of hydrogen-bond acceptors (Lipinski definition) is 7.